The van der Waals surface area contributed by atoms with Gasteiger partial charge in [0.1, 0.15) is 6.04 Å². The molecule has 1 heterocycles. The summed E-state index contributed by atoms with van der Waals surface area (Å²) >= 11 is 0. The van der Waals surface area contributed by atoms with E-state index < -0.39 is 12.0 Å². The van der Waals surface area contributed by atoms with Crippen LogP contribution in [0.3, 0.4) is 0 Å². The standard InChI is InChI=1S/C11H17N3O2/c1-8(11(15)16)14-7-10(12-13-14)9-5-3-2-4-6-9/h7-9H,2-6H2,1H3,(H,15,16)/t8-/m0/s1. The van der Waals surface area contributed by atoms with E-state index in [1.54, 1.807) is 13.1 Å². The number of nitrogens with zero attached hydrogens (tertiary/aromatic N) is 3. The van der Waals surface area contributed by atoms with E-state index in [1.807, 2.05) is 0 Å². The smallest absolute Gasteiger partial charge is 0.328 e. The molecule has 0 saturated heterocycles. The molecule has 0 radical (unpaired) electrons. The van der Waals surface area contributed by atoms with E-state index >= 15 is 0 Å². The normalized spacial score (nSPS) is 19.6. The van der Waals surface area contributed by atoms with Gasteiger partial charge in [0.15, 0.2) is 0 Å². The molecule has 16 heavy (non-hydrogen) atoms. The van der Waals surface area contributed by atoms with Crippen molar-refractivity contribution in [1.29, 1.82) is 0 Å². The third-order valence-corrected chi connectivity index (χ3v) is 3.31. The van der Waals surface area contributed by atoms with E-state index in [-0.39, 0.29) is 0 Å². The highest BCUT2D eigenvalue weighted by molar-refractivity contribution is 5.71. The Kier molecular flexibility index (Phi) is 3.22. The lowest BCUT2D eigenvalue weighted by Crippen LogP contribution is -2.16. The van der Waals surface area contributed by atoms with Gasteiger partial charge in [0.2, 0.25) is 0 Å². The maximum absolute atomic E-state index is 10.8. The van der Waals surface area contributed by atoms with E-state index in [4.69, 9.17) is 5.11 Å². The fraction of sp³-hybridized carbons (Fsp3) is 0.727. The second kappa shape index (κ2) is 4.63. The molecule has 0 aliphatic heterocycles. The lowest BCUT2D eigenvalue weighted by molar-refractivity contribution is -0.140. The van der Waals surface area contributed by atoms with Crippen LogP contribution in [0.2, 0.25) is 0 Å². The number of aromatic nitrogens is 3. The largest absolute Gasteiger partial charge is 0.480 e. The molecule has 1 atom stereocenters. The van der Waals surface area contributed by atoms with Crippen LogP contribution in [0.5, 0.6) is 0 Å². The van der Waals surface area contributed by atoms with E-state index in [0.29, 0.717) is 5.92 Å². The molecule has 1 N–H and O–H groups in total. The average Bonchev–Trinajstić information content (AvgIpc) is 2.78. The van der Waals surface area contributed by atoms with Gasteiger partial charge in [-0.05, 0) is 19.8 Å². The molecule has 0 spiro atoms. The fourth-order valence-electron chi connectivity index (χ4n) is 2.18. The molecule has 0 unspecified atom stereocenters. The van der Waals surface area contributed by atoms with Gasteiger partial charge in [0, 0.05) is 12.1 Å². The van der Waals surface area contributed by atoms with Gasteiger partial charge in [-0.1, -0.05) is 24.5 Å². The predicted molar refractivity (Wildman–Crippen MR) is 58.2 cm³/mol. The van der Waals surface area contributed by atoms with Crippen LogP contribution in [-0.4, -0.2) is 26.1 Å². The van der Waals surface area contributed by atoms with Crippen LogP contribution in [-0.2, 0) is 4.79 Å². The van der Waals surface area contributed by atoms with Crippen molar-refractivity contribution >= 4 is 5.97 Å². The summed E-state index contributed by atoms with van der Waals surface area (Å²) in [5, 5.41) is 16.9. The predicted octanol–water partition coefficient (Wildman–Crippen LogP) is 1.97. The number of hydrogen-bond acceptors (Lipinski definition) is 3. The Labute approximate surface area is 94.5 Å². The molecule has 5 nitrogen and oxygen atoms in total. The number of carboxylic acid groups (broad SMARTS) is 1. The van der Waals surface area contributed by atoms with Gasteiger partial charge in [-0.15, -0.1) is 5.10 Å². The Morgan fingerprint density at radius 2 is 2.19 bits per heavy atom. The molecule has 1 aliphatic rings. The summed E-state index contributed by atoms with van der Waals surface area (Å²) < 4.78 is 1.44. The topological polar surface area (TPSA) is 68.0 Å². The highest BCUT2D eigenvalue weighted by atomic mass is 16.4. The first-order valence-corrected chi connectivity index (χ1v) is 5.83. The van der Waals surface area contributed by atoms with Crippen molar-refractivity contribution in [2.45, 2.75) is 51.0 Å². The molecule has 2 rings (SSSR count). The third kappa shape index (κ3) is 2.23. The fourth-order valence-corrected chi connectivity index (χ4v) is 2.18. The van der Waals surface area contributed by atoms with Gasteiger partial charge in [0.25, 0.3) is 0 Å². The second-order valence-corrected chi connectivity index (χ2v) is 4.47. The minimum absolute atomic E-state index is 0.475. The van der Waals surface area contributed by atoms with Crippen molar-refractivity contribution in [2.75, 3.05) is 0 Å². The Morgan fingerprint density at radius 3 is 2.81 bits per heavy atom. The van der Waals surface area contributed by atoms with E-state index in [9.17, 15) is 4.79 Å². The van der Waals surface area contributed by atoms with Gasteiger partial charge >= 0.3 is 5.97 Å². The number of carbonyl (C=O) groups is 1. The molecule has 1 aliphatic carbocycles. The molecule has 1 saturated carbocycles. The van der Waals surface area contributed by atoms with Gasteiger partial charge < -0.3 is 5.11 Å². The Bertz CT molecular complexity index is 369. The molecule has 0 amide bonds. The van der Waals surface area contributed by atoms with Crippen LogP contribution in [0, 0.1) is 0 Å². The summed E-state index contributed by atoms with van der Waals surface area (Å²) in [4.78, 5) is 10.8. The van der Waals surface area contributed by atoms with Crippen LogP contribution in [0.1, 0.15) is 56.7 Å². The van der Waals surface area contributed by atoms with E-state index in [0.717, 1.165) is 18.5 Å². The lowest BCUT2D eigenvalue weighted by atomic mass is 9.87. The zero-order chi connectivity index (χ0) is 11.5. The maximum Gasteiger partial charge on any atom is 0.328 e. The van der Waals surface area contributed by atoms with Crippen LogP contribution in [0.25, 0.3) is 0 Å². The molecule has 0 aromatic carbocycles. The zero-order valence-electron chi connectivity index (χ0n) is 9.46. The molecular formula is C11H17N3O2. The van der Waals surface area contributed by atoms with Gasteiger partial charge in [-0.3, -0.25) is 0 Å². The first kappa shape index (κ1) is 11.1. The van der Waals surface area contributed by atoms with Crippen LogP contribution in [0.15, 0.2) is 6.20 Å². The molecule has 1 aromatic rings. The monoisotopic (exact) mass is 223 g/mol. The van der Waals surface area contributed by atoms with E-state index in [2.05, 4.69) is 10.3 Å². The average molecular weight is 223 g/mol. The number of rotatable bonds is 3. The van der Waals surface area contributed by atoms with Crippen molar-refractivity contribution in [3.8, 4) is 0 Å². The maximum atomic E-state index is 10.8. The van der Waals surface area contributed by atoms with Gasteiger partial charge in [-0.2, -0.15) is 0 Å². The summed E-state index contributed by atoms with van der Waals surface area (Å²) in [5.41, 5.74) is 0.952. The van der Waals surface area contributed by atoms with Crippen molar-refractivity contribution < 1.29 is 9.90 Å². The summed E-state index contributed by atoms with van der Waals surface area (Å²) in [6, 6.07) is -0.634. The molecule has 0 bridgehead atoms. The highest BCUT2D eigenvalue weighted by Gasteiger charge is 2.21. The summed E-state index contributed by atoms with van der Waals surface area (Å²) in [6.07, 6.45) is 7.88. The highest BCUT2D eigenvalue weighted by Crippen LogP contribution is 2.31. The SMILES string of the molecule is C[C@@H](C(=O)O)n1cc(C2CCCCC2)nn1. The number of carboxylic acids is 1. The quantitative estimate of drug-likeness (QED) is 0.850. The molecule has 88 valence electrons. The van der Waals surface area contributed by atoms with Crippen molar-refractivity contribution in [1.82, 2.24) is 15.0 Å². The number of aliphatic carboxylic acids is 1. The molecule has 1 fully saturated rings. The summed E-state index contributed by atoms with van der Waals surface area (Å²) in [5.74, 6) is -0.399. The number of hydrogen-bond donors (Lipinski definition) is 1. The minimum atomic E-state index is -0.875. The molecular weight excluding hydrogens is 206 g/mol. The van der Waals surface area contributed by atoms with E-state index in [1.165, 1.54) is 23.9 Å². The van der Waals surface area contributed by atoms with Crippen LogP contribution < -0.4 is 0 Å². The van der Waals surface area contributed by atoms with Gasteiger partial charge in [0.05, 0.1) is 5.69 Å². The Balaban J connectivity index is 2.09. The Hall–Kier alpha value is -1.39. The summed E-state index contributed by atoms with van der Waals surface area (Å²) in [7, 11) is 0. The molecule has 1 aromatic heterocycles. The van der Waals surface area contributed by atoms with Crippen molar-refractivity contribution in [3.63, 3.8) is 0 Å². The lowest BCUT2D eigenvalue weighted by Gasteiger charge is -2.18. The van der Waals surface area contributed by atoms with Gasteiger partial charge in [-0.25, -0.2) is 9.48 Å². The zero-order valence-corrected chi connectivity index (χ0v) is 9.46. The van der Waals surface area contributed by atoms with Crippen LogP contribution in [0.4, 0.5) is 0 Å². The second-order valence-electron chi connectivity index (χ2n) is 4.47. The first-order chi connectivity index (χ1) is 7.68. The first-order valence-electron chi connectivity index (χ1n) is 5.83. The summed E-state index contributed by atoms with van der Waals surface area (Å²) in [6.45, 7) is 1.61. The molecule has 5 heteroatoms. The van der Waals surface area contributed by atoms with Crippen molar-refractivity contribution in [3.05, 3.63) is 11.9 Å². The Morgan fingerprint density at radius 1 is 1.50 bits per heavy atom. The third-order valence-electron chi connectivity index (χ3n) is 3.31. The minimum Gasteiger partial charge on any atom is -0.480 e. The van der Waals surface area contributed by atoms with Crippen LogP contribution >= 0.6 is 0 Å². The van der Waals surface area contributed by atoms with Crippen molar-refractivity contribution in [2.24, 2.45) is 0 Å².